The summed E-state index contributed by atoms with van der Waals surface area (Å²) in [5.74, 6) is -0.695. The molecule has 6 nitrogen and oxygen atoms in total. The first-order chi connectivity index (χ1) is 11.8. The van der Waals surface area contributed by atoms with Crippen molar-refractivity contribution in [2.24, 2.45) is 5.92 Å². The Kier molecular flexibility index (Phi) is 5.01. The summed E-state index contributed by atoms with van der Waals surface area (Å²) < 4.78 is 46.3. The molecule has 3 rings (SSSR count). The molecule has 0 spiro atoms. The molecular weight excluding hydrogens is 357 g/mol. The number of amides is 1. The van der Waals surface area contributed by atoms with E-state index in [4.69, 9.17) is 4.74 Å². The van der Waals surface area contributed by atoms with E-state index in [0.717, 1.165) is 24.2 Å². The highest BCUT2D eigenvalue weighted by molar-refractivity contribution is 7.16. The second-order valence-corrected chi connectivity index (χ2v) is 7.20. The number of halogens is 3. The van der Waals surface area contributed by atoms with Crippen molar-refractivity contribution >= 4 is 22.2 Å². The van der Waals surface area contributed by atoms with Crippen molar-refractivity contribution in [2.75, 3.05) is 7.11 Å². The van der Waals surface area contributed by atoms with Crippen LogP contribution in [0.4, 0.5) is 13.2 Å². The van der Waals surface area contributed by atoms with Gasteiger partial charge in [-0.2, -0.15) is 18.3 Å². The molecule has 10 heteroatoms. The number of imidazole rings is 1. The zero-order valence-electron chi connectivity index (χ0n) is 13.9. The van der Waals surface area contributed by atoms with Crippen LogP contribution in [0.15, 0.2) is 0 Å². The number of fused-ring (bicyclic) bond motifs is 1. The Bertz CT molecular complexity index is 771. The van der Waals surface area contributed by atoms with Gasteiger partial charge in [0.2, 0.25) is 10.9 Å². The fourth-order valence-electron chi connectivity index (χ4n) is 3.20. The zero-order chi connectivity index (χ0) is 18.2. The third-order valence-corrected chi connectivity index (χ3v) is 5.12. The van der Waals surface area contributed by atoms with E-state index >= 15 is 0 Å². The summed E-state index contributed by atoms with van der Waals surface area (Å²) in [6.45, 7) is 2.21. The second-order valence-electron chi connectivity index (χ2n) is 6.16. The lowest BCUT2D eigenvalue weighted by Crippen LogP contribution is -2.26. The van der Waals surface area contributed by atoms with E-state index in [1.165, 1.54) is 11.6 Å². The lowest BCUT2D eigenvalue weighted by atomic mass is 9.97. The molecule has 1 fully saturated rings. The molecule has 0 radical (unpaired) electrons. The molecule has 2 unspecified atom stereocenters. The van der Waals surface area contributed by atoms with Crippen LogP contribution in [-0.4, -0.2) is 33.7 Å². The molecule has 25 heavy (non-hydrogen) atoms. The Labute approximate surface area is 146 Å². The number of ether oxygens (including phenoxy) is 1. The minimum Gasteiger partial charge on any atom is -0.377 e. The summed E-state index contributed by atoms with van der Waals surface area (Å²) >= 11 is 1.06. The average Bonchev–Trinajstić information content (AvgIpc) is 3.15. The van der Waals surface area contributed by atoms with Gasteiger partial charge in [-0.1, -0.05) is 24.7 Å². The molecule has 0 aliphatic carbocycles. The number of hydrogen-bond acceptors (Lipinski definition) is 5. The molecule has 2 atom stereocenters. The van der Waals surface area contributed by atoms with Crippen LogP contribution >= 0.6 is 11.3 Å². The van der Waals surface area contributed by atoms with Gasteiger partial charge in [-0.05, 0) is 12.8 Å². The van der Waals surface area contributed by atoms with Gasteiger partial charge < -0.3 is 10.1 Å². The summed E-state index contributed by atoms with van der Waals surface area (Å²) in [4.78, 5) is 16.0. The first-order valence-corrected chi connectivity index (χ1v) is 8.89. The minimum absolute atomic E-state index is 0.0275. The topological polar surface area (TPSA) is 68.5 Å². The molecule has 1 aliphatic heterocycles. The molecule has 1 N–H and O–H groups in total. The molecule has 1 aliphatic rings. The van der Waals surface area contributed by atoms with Gasteiger partial charge in [0.05, 0.1) is 12.3 Å². The largest absolute Gasteiger partial charge is 0.435 e. The maximum absolute atomic E-state index is 13.4. The SMILES string of the molecule is CCCC1CC(Cc2c(C(F)(F)F)nc3sc(COC)nn23)C(=O)N1. The predicted molar refractivity (Wildman–Crippen MR) is 85.2 cm³/mol. The standard InChI is InChI=1S/C15H19F3N4O2S/c1-3-4-9-5-8(13(23)19-9)6-10-12(15(16,17)18)20-14-22(10)21-11(25-14)7-24-2/h8-9H,3-7H2,1-2H3,(H,19,23). The Morgan fingerprint density at radius 2 is 2.20 bits per heavy atom. The van der Waals surface area contributed by atoms with Gasteiger partial charge >= 0.3 is 6.18 Å². The van der Waals surface area contributed by atoms with Crippen LogP contribution in [0.25, 0.3) is 4.96 Å². The van der Waals surface area contributed by atoms with Crippen LogP contribution in [0.3, 0.4) is 0 Å². The molecule has 138 valence electrons. The van der Waals surface area contributed by atoms with E-state index in [0.29, 0.717) is 11.4 Å². The Morgan fingerprint density at radius 1 is 1.44 bits per heavy atom. The number of carbonyl (C=O) groups excluding carboxylic acids is 1. The minimum atomic E-state index is -4.58. The van der Waals surface area contributed by atoms with Gasteiger partial charge in [0.25, 0.3) is 0 Å². The maximum atomic E-state index is 13.4. The summed E-state index contributed by atoms with van der Waals surface area (Å²) in [6, 6.07) is 0.0275. The lowest BCUT2D eigenvalue weighted by molar-refractivity contribution is -0.141. The van der Waals surface area contributed by atoms with E-state index in [2.05, 4.69) is 15.4 Å². The fraction of sp³-hybridized carbons (Fsp3) is 0.667. The molecule has 0 bridgehead atoms. The number of aromatic nitrogens is 3. The Balaban J connectivity index is 1.94. The van der Waals surface area contributed by atoms with Crippen molar-refractivity contribution < 1.29 is 22.7 Å². The first-order valence-electron chi connectivity index (χ1n) is 8.07. The van der Waals surface area contributed by atoms with Gasteiger partial charge in [-0.25, -0.2) is 9.50 Å². The smallest absolute Gasteiger partial charge is 0.377 e. The number of nitrogens with one attached hydrogen (secondary N) is 1. The Morgan fingerprint density at radius 3 is 2.84 bits per heavy atom. The van der Waals surface area contributed by atoms with E-state index in [1.54, 1.807) is 0 Å². The number of methoxy groups -OCH3 is 1. The van der Waals surface area contributed by atoms with Gasteiger partial charge in [0.15, 0.2) is 5.69 Å². The number of alkyl halides is 3. The van der Waals surface area contributed by atoms with Crippen LogP contribution in [0.5, 0.6) is 0 Å². The summed E-state index contributed by atoms with van der Waals surface area (Å²) in [6.07, 6.45) is -2.34. The maximum Gasteiger partial charge on any atom is 0.435 e. The van der Waals surface area contributed by atoms with Gasteiger partial charge in [-0.3, -0.25) is 4.79 Å². The number of carbonyl (C=O) groups is 1. The number of nitrogens with zero attached hydrogens (tertiary/aromatic N) is 3. The van der Waals surface area contributed by atoms with Crippen LogP contribution in [-0.2, 0) is 28.7 Å². The molecule has 3 heterocycles. The number of hydrogen-bond donors (Lipinski definition) is 1. The van der Waals surface area contributed by atoms with Gasteiger partial charge in [0.1, 0.15) is 5.01 Å². The average molecular weight is 376 g/mol. The predicted octanol–water partition coefficient (Wildman–Crippen LogP) is 2.80. The number of rotatable bonds is 6. The van der Waals surface area contributed by atoms with Crippen LogP contribution in [0.2, 0.25) is 0 Å². The highest BCUT2D eigenvalue weighted by Gasteiger charge is 2.41. The normalized spacial score (nSPS) is 21.2. The van der Waals surface area contributed by atoms with Crippen molar-refractivity contribution in [3.05, 3.63) is 16.4 Å². The Hall–Kier alpha value is -1.68. The highest BCUT2D eigenvalue weighted by atomic mass is 32.1. The summed E-state index contributed by atoms with van der Waals surface area (Å²) in [5.41, 5.74) is -1.01. The molecular formula is C15H19F3N4O2S. The molecule has 0 aromatic carbocycles. The van der Waals surface area contributed by atoms with Crippen LogP contribution in [0.1, 0.15) is 42.6 Å². The molecule has 2 aromatic heterocycles. The lowest BCUT2D eigenvalue weighted by Gasteiger charge is -2.10. The van der Waals surface area contributed by atoms with E-state index < -0.39 is 17.8 Å². The quantitative estimate of drug-likeness (QED) is 0.842. The third kappa shape index (κ3) is 3.64. The zero-order valence-corrected chi connectivity index (χ0v) is 14.7. The van der Waals surface area contributed by atoms with Gasteiger partial charge in [0, 0.05) is 25.5 Å². The molecule has 2 aromatic rings. The van der Waals surface area contributed by atoms with E-state index in [9.17, 15) is 18.0 Å². The third-order valence-electron chi connectivity index (χ3n) is 4.24. The van der Waals surface area contributed by atoms with Crippen molar-refractivity contribution in [2.45, 2.75) is 51.4 Å². The monoisotopic (exact) mass is 376 g/mol. The molecule has 1 saturated heterocycles. The van der Waals surface area contributed by atoms with Crippen molar-refractivity contribution in [1.82, 2.24) is 19.9 Å². The van der Waals surface area contributed by atoms with Crippen molar-refractivity contribution in [1.29, 1.82) is 0 Å². The molecule has 1 amide bonds. The van der Waals surface area contributed by atoms with Gasteiger partial charge in [-0.15, -0.1) is 0 Å². The van der Waals surface area contributed by atoms with Crippen molar-refractivity contribution in [3.63, 3.8) is 0 Å². The highest BCUT2D eigenvalue weighted by Crippen LogP contribution is 2.35. The van der Waals surface area contributed by atoms with E-state index in [1.807, 2.05) is 6.92 Å². The first kappa shape index (κ1) is 18.1. The van der Waals surface area contributed by atoms with E-state index in [-0.39, 0.29) is 35.6 Å². The fourth-order valence-corrected chi connectivity index (χ4v) is 4.08. The van der Waals surface area contributed by atoms with Crippen molar-refractivity contribution in [3.8, 4) is 0 Å². The van der Waals surface area contributed by atoms with Crippen LogP contribution in [0, 0.1) is 5.92 Å². The van der Waals surface area contributed by atoms with Crippen LogP contribution < -0.4 is 5.32 Å². The second kappa shape index (κ2) is 6.91. The summed E-state index contributed by atoms with van der Waals surface area (Å²) in [5, 5.41) is 7.58. The summed E-state index contributed by atoms with van der Waals surface area (Å²) in [7, 11) is 1.49. The molecule has 0 saturated carbocycles.